The topological polar surface area (TPSA) is 26.0 Å². The molecule has 1 rings (SSSR count). The number of alkyl halides is 2. The van der Waals surface area contributed by atoms with E-state index in [2.05, 4.69) is 0 Å². The predicted octanol–water partition coefficient (Wildman–Crippen LogP) is 1.87. The van der Waals surface area contributed by atoms with Gasteiger partial charge in [0.2, 0.25) is 5.92 Å². The maximum absolute atomic E-state index is 12.5. The molecular formula is C7H13F2NS. The van der Waals surface area contributed by atoms with Crippen LogP contribution in [0.5, 0.6) is 0 Å². The molecule has 4 heteroatoms. The lowest BCUT2D eigenvalue weighted by molar-refractivity contribution is -0.00560. The molecule has 0 aromatic carbocycles. The van der Waals surface area contributed by atoms with Crippen molar-refractivity contribution in [1.29, 1.82) is 0 Å². The van der Waals surface area contributed by atoms with Gasteiger partial charge in [-0.25, -0.2) is 8.78 Å². The number of thioether (sulfide) groups is 1. The van der Waals surface area contributed by atoms with E-state index in [1.54, 1.807) is 11.8 Å². The zero-order valence-corrected chi connectivity index (χ0v) is 7.39. The molecule has 0 aromatic rings. The smallest absolute Gasteiger partial charge is 0.247 e. The fraction of sp³-hybridized carbons (Fsp3) is 1.00. The molecule has 66 valence electrons. The minimum absolute atomic E-state index is 0.174. The maximum atomic E-state index is 12.5. The molecule has 0 amide bonds. The van der Waals surface area contributed by atoms with E-state index < -0.39 is 11.5 Å². The van der Waals surface area contributed by atoms with Crippen LogP contribution in [0.1, 0.15) is 19.8 Å². The highest BCUT2D eigenvalue weighted by molar-refractivity contribution is 7.99. The fourth-order valence-corrected chi connectivity index (χ4v) is 2.73. The summed E-state index contributed by atoms with van der Waals surface area (Å²) in [4.78, 5) is 0. The third-order valence-electron chi connectivity index (χ3n) is 1.80. The number of hydrogen-bond acceptors (Lipinski definition) is 2. The van der Waals surface area contributed by atoms with Gasteiger partial charge in [0.05, 0.1) is 0 Å². The molecule has 11 heavy (non-hydrogen) atoms. The van der Waals surface area contributed by atoms with Crippen molar-refractivity contribution in [3.63, 3.8) is 0 Å². The molecule has 0 aliphatic carbocycles. The molecule has 1 saturated heterocycles. The second-order valence-corrected chi connectivity index (χ2v) is 4.52. The second kappa shape index (κ2) is 2.90. The average Bonchev–Trinajstić information content (AvgIpc) is 2.09. The molecule has 1 nitrogen and oxygen atoms in total. The summed E-state index contributed by atoms with van der Waals surface area (Å²) in [6, 6.07) is 0. The summed E-state index contributed by atoms with van der Waals surface area (Å²) >= 11 is 1.66. The molecule has 0 saturated carbocycles. The van der Waals surface area contributed by atoms with Crippen LogP contribution in [0.15, 0.2) is 0 Å². The Balaban J connectivity index is 2.46. The lowest BCUT2D eigenvalue weighted by Crippen LogP contribution is -2.44. The molecular weight excluding hydrogens is 168 g/mol. The van der Waals surface area contributed by atoms with E-state index in [1.807, 2.05) is 0 Å². The van der Waals surface area contributed by atoms with Crippen LogP contribution < -0.4 is 5.73 Å². The molecule has 1 unspecified atom stereocenters. The molecule has 1 aliphatic rings. The van der Waals surface area contributed by atoms with Crippen molar-refractivity contribution in [3.05, 3.63) is 0 Å². The molecule has 0 spiro atoms. The van der Waals surface area contributed by atoms with Crippen molar-refractivity contribution >= 4 is 11.8 Å². The Bertz CT molecular complexity index is 138. The maximum Gasteiger partial charge on any atom is 0.247 e. The second-order valence-electron chi connectivity index (χ2n) is 3.41. The predicted molar refractivity (Wildman–Crippen MR) is 44.1 cm³/mol. The van der Waals surface area contributed by atoms with Gasteiger partial charge in [0, 0.05) is 17.7 Å². The normalized spacial score (nSPS) is 32.7. The van der Waals surface area contributed by atoms with Crippen LogP contribution in [0.2, 0.25) is 0 Å². The summed E-state index contributed by atoms with van der Waals surface area (Å²) in [5.74, 6) is -1.01. The van der Waals surface area contributed by atoms with Crippen LogP contribution in [0, 0.1) is 0 Å². The van der Waals surface area contributed by atoms with E-state index in [0.717, 1.165) is 19.1 Å². The van der Waals surface area contributed by atoms with Crippen LogP contribution in [0.25, 0.3) is 0 Å². The zero-order chi connectivity index (χ0) is 8.54. The van der Waals surface area contributed by atoms with Crippen molar-refractivity contribution in [3.8, 4) is 0 Å². The highest BCUT2D eigenvalue weighted by Crippen LogP contribution is 2.34. The molecule has 0 bridgehead atoms. The highest BCUT2D eigenvalue weighted by Gasteiger charge is 2.38. The lowest BCUT2D eigenvalue weighted by Gasteiger charge is -2.25. The summed E-state index contributed by atoms with van der Waals surface area (Å²) in [6.45, 7) is 0.935. The SMILES string of the molecule is CC(F)(F)CC1(N)CCSC1. The van der Waals surface area contributed by atoms with Crippen molar-refractivity contribution < 1.29 is 8.78 Å². The summed E-state index contributed by atoms with van der Waals surface area (Å²) in [7, 11) is 0. The van der Waals surface area contributed by atoms with E-state index in [0.29, 0.717) is 5.75 Å². The van der Waals surface area contributed by atoms with Crippen LogP contribution in [-0.4, -0.2) is 23.0 Å². The van der Waals surface area contributed by atoms with Gasteiger partial charge in [-0.1, -0.05) is 0 Å². The first kappa shape index (κ1) is 9.26. The minimum Gasteiger partial charge on any atom is -0.324 e. The van der Waals surface area contributed by atoms with E-state index in [1.165, 1.54) is 0 Å². The summed E-state index contributed by atoms with van der Waals surface area (Å²) in [5.41, 5.74) is 5.14. The number of nitrogens with two attached hydrogens (primary N) is 1. The van der Waals surface area contributed by atoms with Gasteiger partial charge in [-0.05, 0) is 19.1 Å². The standard InChI is InChI=1S/C7H13F2NS/c1-6(8,9)4-7(10)2-3-11-5-7/h2-5,10H2,1H3. The number of hydrogen-bond donors (Lipinski definition) is 1. The van der Waals surface area contributed by atoms with Gasteiger partial charge < -0.3 is 5.73 Å². The average molecular weight is 181 g/mol. The lowest BCUT2D eigenvalue weighted by atomic mass is 9.93. The van der Waals surface area contributed by atoms with Crippen LogP contribution in [-0.2, 0) is 0 Å². The fourth-order valence-electron chi connectivity index (χ4n) is 1.38. The van der Waals surface area contributed by atoms with Gasteiger partial charge >= 0.3 is 0 Å². The first-order valence-electron chi connectivity index (χ1n) is 3.66. The molecule has 0 radical (unpaired) electrons. The number of halogens is 2. The van der Waals surface area contributed by atoms with Gasteiger partial charge in [0.25, 0.3) is 0 Å². The molecule has 0 aromatic heterocycles. The Morgan fingerprint density at radius 1 is 1.64 bits per heavy atom. The van der Waals surface area contributed by atoms with Gasteiger partial charge in [-0.15, -0.1) is 0 Å². The van der Waals surface area contributed by atoms with Gasteiger partial charge in [-0.2, -0.15) is 11.8 Å². The van der Waals surface area contributed by atoms with Crippen LogP contribution in [0.3, 0.4) is 0 Å². The third kappa shape index (κ3) is 2.95. The minimum atomic E-state index is -2.61. The number of rotatable bonds is 2. The van der Waals surface area contributed by atoms with Crippen molar-refractivity contribution in [2.24, 2.45) is 5.73 Å². The van der Waals surface area contributed by atoms with E-state index in [9.17, 15) is 8.78 Å². The first-order chi connectivity index (χ1) is 4.91. The van der Waals surface area contributed by atoms with Crippen molar-refractivity contribution in [2.45, 2.75) is 31.2 Å². The molecule has 1 fully saturated rings. The largest absolute Gasteiger partial charge is 0.324 e. The molecule has 2 N–H and O–H groups in total. The van der Waals surface area contributed by atoms with E-state index >= 15 is 0 Å². The van der Waals surface area contributed by atoms with Crippen molar-refractivity contribution in [1.82, 2.24) is 0 Å². The molecule has 1 atom stereocenters. The quantitative estimate of drug-likeness (QED) is 0.703. The van der Waals surface area contributed by atoms with Gasteiger partial charge in [-0.3, -0.25) is 0 Å². The van der Waals surface area contributed by atoms with E-state index in [-0.39, 0.29) is 6.42 Å². The monoisotopic (exact) mass is 181 g/mol. The summed E-state index contributed by atoms with van der Waals surface area (Å²) < 4.78 is 25.1. The first-order valence-corrected chi connectivity index (χ1v) is 4.81. The highest BCUT2D eigenvalue weighted by atomic mass is 32.2. The zero-order valence-electron chi connectivity index (χ0n) is 6.57. The Labute approximate surface area is 69.7 Å². The van der Waals surface area contributed by atoms with Gasteiger partial charge in [0.1, 0.15) is 0 Å². The van der Waals surface area contributed by atoms with E-state index in [4.69, 9.17) is 5.73 Å². The molecule has 1 aliphatic heterocycles. The Morgan fingerprint density at radius 2 is 2.27 bits per heavy atom. The third-order valence-corrected chi connectivity index (χ3v) is 3.07. The Kier molecular flexibility index (Phi) is 2.44. The summed E-state index contributed by atoms with van der Waals surface area (Å²) in [6.07, 6.45) is 0.550. The Hall–Kier alpha value is 0.170. The Morgan fingerprint density at radius 3 is 2.64 bits per heavy atom. The van der Waals surface area contributed by atoms with Crippen molar-refractivity contribution in [2.75, 3.05) is 11.5 Å². The van der Waals surface area contributed by atoms with Crippen LogP contribution >= 0.6 is 11.8 Å². The van der Waals surface area contributed by atoms with Crippen LogP contribution in [0.4, 0.5) is 8.78 Å². The molecule has 1 heterocycles. The van der Waals surface area contributed by atoms with Gasteiger partial charge in [0.15, 0.2) is 0 Å². The summed E-state index contributed by atoms with van der Waals surface area (Å²) in [5, 5.41) is 0.